The fraction of sp³-hybridized carbons (Fsp3) is 0.0625. The van der Waals surface area contributed by atoms with Crippen molar-refractivity contribution in [2.45, 2.75) is 0 Å². The number of rotatable bonds is 5. The molecule has 0 spiro atoms. The molecular formula is C16H14O3. The number of aromatic hydroxyl groups is 1. The standard InChI is InChI=1S/C16H14O3/c1-2-10-19-13-8-9-14(15(17)11-13)16(18)12-6-4-3-5-7-12/h2-9,11,17H,1,10H2. The predicted molar refractivity (Wildman–Crippen MR) is 73.7 cm³/mol. The molecule has 0 aliphatic heterocycles. The molecule has 0 heterocycles. The van der Waals surface area contributed by atoms with E-state index in [4.69, 9.17) is 4.74 Å². The quantitative estimate of drug-likeness (QED) is 0.658. The smallest absolute Gasteiger partial charge is 0.196 e. The molecule has 0 bridgehead atoms. The number of phenolic OH excluding ortho intramolecular Hbond substituents is 1. The molecule has 2 rings (SSSR count). The van der Waals surface area contributed by atoms with Crippen LogP contribution in [0.2, 0.25) is 0 Å². The number of ketones is 1. The van der Waals surface area contributed by atoms with Gasteiger partial charge in [0, 0.05) is 11.6 Å². The van der Waals surface area contributed by atoms with Crippen molar-refractivity contribution in [3.63, 3.8) is 0 Å². The van der Waals surface area contributed by atoms with Crippen LogP contribution in [-0.4, -0.2) is 17.5 Å². The van der Waals surface area contributed by atoms with E-state index in [-0.39, 0.29) is 17.1 Å². The Morgan fingerprint density at radius 2 is 1.95 bits per heavy atom. The monoisotopic (exact) mass is 254 g/mol. The first-order valence-corrected chi connectivity index (χ1v) is 5.89. The van der Waals surface area contributed by atoms with E-state index >= 15 is 0 Å². The molecule has 0 atom stereocenters. The van der Waals surface area contributed by atoms with Gasteiger partial charge in [-0.1, -0.05) is 43.0 Å². The summed E-state index contributed by atoms with van der Waals surface area (Å²) in [6.07, 6.45) is 1.61. The zero-order valence-electron chi connectivity index (χ0n) is 10.4. The number of phenols is 1. The minimum Gasteiger partial charge on any atom is -0.507 e. The Hall–Kier alpha value is -2.55. The van der Waals surface area contributed by atoms with Crippen LogP contribution in [0, 0.1) is 0 Å². The van der Waals surface area contributed by atoms with E-state index < -0.39 is 0 Å². The molecule has 0 unspecified atom stereocenters. The van der Waals surface area contributed by atoms with Gasteiger partial charge in [0.05, 0.1) is 5.56 Å². The maximum absolute atomic E-state index is 12.2. The van der Waals surface area contributed by atoms with Crippen molar-refractivity contribution in [3.05, 3.63) is 72.3 Å². The fourth-order valence-corrected chi connectivity index (χ4v) is 1.69. The minimum absolute atomic E-state index is 0.0876. The van der Waals surface area contributed by atoms with E-state index in [1.54, 1.807) is 42.5 Å². The lowest BCUT2D eigenvalue weighted by molar-refractivity contribution is 0.103. The van der Waals surface area contributed by atoms with Crippen molar-refractivity contribution >= 4 is 5.78 Å². The van der Waals surface area contributed by atoms with Gasteiger partial charge in [-0.25, -0.2) is 0 Å². The summed E-state index contributed by atoms with van der Waals surface area (Å²) in [6, 6.07) is 13.5. The molecule has 3 nitrogen and oxygen atoms in total. The normalized spacial score (nSPS) is 9.89. The molecule has 0 saturated carbocycles. The summed E-state index contributed by atoms with van der Waals surface area (Å²) in [5.41, 5.74) is 0.801. The molecule has 96 valence electrons. The van der Waals surface area contributed by atoms with Crippen LogP contribution >= 0.6 is 0 Å². The summed E-state index contributed by atoms with van der Waals surface area (Å²) < 4.78 is 5.29. The largest absolute Gasteiger partial charge is 0.507 e. The molecule has 0 aromatic heterocycles. The van der Waals surface area contributed by atoms with Gasteiger partial charge < -0.3 is 9.84 Å². The molecule has 2 aromatic rings. The van der Waals surface area contributed by atoms with Gasteiger partial charge in [0.15, 0.2) is 5.78 Å². The molecule has 0 fully saturated rings. The van der Waals surface area contributed by atoms with E-state index in [0.717, 1.165) is 0 Å². The molecular weight excluding hydrogens is 240 g/mol. The lowest BCUT2D eigenvalue weighted by atomic mass is 10.0. The van der Waals surface area contributed by atoms with Crippen LogP contribution in [0.1, 0.15) is 15.9 Å². The maximum Gasteiger partial charge on any atom is 0.196 e. The molecule has 0 aliphatic carbocycles. The van der Waals surface area contributed by atoms with Crippen LogP contribution in [0.15, 0.2) is 61.2 Å². The van der Waals surface area contributed by atoms with Crippen LogP contribution in [0.3, 0.4) is 0 Å². The van der Waals surface area contributed by atoms with E-state index in [1.165, 1.54) is 6.07 Å². The lowest BCUT2D eigenvalue weighted by Crippen LogP contribution is -2.02. The second-order valence-corrected chi connectivity index (χ2v) is 3.97. The summed E-state index contributed by atoms with van der Waals surface area (Å²) >= 11 is 0. The maximum atomic E-state index is 12.2. The fourth-order valence-electron chi connectivity index (χ4n) is 1.69. The third kappa shape index (κ3) is 3.01. The summed E-state index contributed by atoms with van der Waals surface area (Å²) in [7, 11) is 0. The van der Waals surface area contributed by atoms with Crippen LogP contribution in [0.5, 0.6) is 11.5 Å². The van der Waals surface area contributed by atoms with Gasteiger partial charge in [0.1, 0.15) is 18.1 Å². The van der Waals surface area contributed by atoms with E-state index in [0.29, 0.717) is 17.9 Å². The first-order valence-electron chi connectivity index (χ1n) is 5.89. The van der Waals surface area contributed by atoms with Gasteiger partial charge >= 0.3 is 0 Å². The third-order valence-electron chi connectivity index (χ3n) is 2.62. The van der Waals surface area contributed by atoms with Crippen molar-refractivity contribution in [2.75, 3.05) is 6.61 Å². The topological polar surface area (TPSA) is 46.5 Å². The molecule has 3 heteroatoms. The third-order valence-corrected chi connectivity index (χ3v) is 2.62. The van der Waals surface area contributed by atoms with Crippen LogP contribution in [0.25, 0.3) is 0 Å². The molecule has 1 N–H and O–H groups in total. The number of carbonyl (C=O) groups is 1. The molecule has 0 saturated heterocycles. The average molecular weight is 254 g/mol. The minimum atomic E-state index is -0.214. The van der Waals surface area contributed by atoms with Crippen molar-refractivity contribution in [1.29, 1.82) is 0 Å². The lowest BCUT2D eigenvalue weighted by Gasteiger charge is -2.07. The zero-order chi connectivity index (χ0) is 13.7. The van der Waals surface area contributed by atoms with Crippen molar-refractivity contribution < 1.29 is 14.6 Å². The van der Waals surface area contributed by atoms with E-state index in [1.807, 2.05) is 6.07 Å². The Morgan fingerprint density at radius 1 is 1.21 bits per heavy atom. The van der Waals surface area contributed by atoms with Crippen molar-refractivity contribution in [3.8, 4) is 11.5 Å². The van der Waals surface area contributed by atoms with Gasteiger partial charge in [-0.2, -0.15) is 0 Å². The SMILES string of the molecule is C=CCOc1ccc(C(=O)c2ccccc2)c(O)c1. The summed E-state index contributed by atoms with van der Waals surface area (Å²) in [5.74, 6) is 0.200. The molecule has 0 amide bonds. The number of benzene rings is 2. The van der Waals surface area contributed by atoms with Crippen LogP contribution in [0.4, 0.5) is 0 Å². The van der Waals surface area contributed by atoms with Gasteiger partial charge in [0.2, 0.25) is 0 Å². The summed E-state index contributed by atoms with van der Waals surface area (Å²) in [5, 5.41) is 9.90. The number of carbonyl (C=O) groups excluding carboxylic acids is 1. The average Bonchev–Trinajstić information content (AvgIpc) is 2.45. The highest BCUT2D eigenvalue weighted by atomic mass is 16.5. The van der Waals surface area contributed by atoms with Gasteiger partial charge in [-0.05, 0) is 12.1 Å². The number of hydrogen-bond acceptors (Lipinski definition) is 3. The molecule has 0 radical (unpaired) electrons. The summed E-state index contributed by atoms with van der Waals surface area (Å²) in [6.45, 7) is 3.89. The first-order chi connectivity index (χ1) is 9.22. The molecule has 2 aromatic carbocycles. The second-order valence-electron chi connectivity index (χ2n) is 3.97. The number of hydrogen-bond donors (Lipinski definition) is 1. The molecule has 19 heavy (non-hydrogen) atoms. The van der Waals surface area contributed by atoms with Gasteiger partial charge in [-0.15, -0.1) is 0 Å². The van der Waals surface area contributed by atoms with Crippen molar-refractivity contribution in [1.82, 2.24) is 0 Å². The van der Waals surface area contributed by atoms with E-state index in [2.05, 4.69) is 6.58 Å². The Bertz CT molecular complexity index is 588. The summed E-state index contributed by atoms with van der Waals surface area (Å²) in [4.78, 5) is 12.2. The van der Waals surface area contributed by atoms with Gasteiger partial charge in [0.25, 0.3) is 0 Å². The van der Waals surface area contributed by atoms with Crippen molar-refractivity contribution in [2.24, 2.45) is 0 Å². The molecule has 0 aliphatic rings. The van der Waals surface area contributed by atoms with Crippen LogP contribution < -0.4 is 4.74 Å². The highest BCUT2D eigenvalue weighted by molar-refractivity contribution is 6.10. The van der Waals surface area contributed by atoms with Crippen LogP contribution in [-0.2, 0) is 0 Å². The van der Waals surface area contributed by atoms with Gasteiger partial charge in [-0.3, -0.25) is 4.79 Å². The Balaban J connectivity index is 2.26. The Morgan fingerprint density at radius 3 is 2.58 bits per heavy atom. The number of ether oxygens (including phenoxy) is 1. The second kappa shape index (κ2) is 5.87. The Labute approximate surface area is 111 Å². The predicted octanol–water partition coefficient (Wildman–Crippen LogP) is 3.19. The Kier molecular flexibility index (Phi) is 3.98. The zero-order valence-corrected chi connectivity index (χ0v) is 10.4. The van der Waals surface area contributed by atoms with E-state index in [9.17, 15) is 9.90 Å². The highest BCUT2D eigenvalue weighted by Gasteiger charge is 2.13. The highest BCUT2D eigenvalue weighted by Crippen LogP contribution is 2.25. The first kappa shape index (κ1) is 12.9.